The third kappa shape index (κ3) is 7.75. The zero-order valence-corrected chi connectivity index (χ0v) is 16.3. The fourth-order valence-corrected chi connectivity index (χ4v) is 2.34. The number of carbonyl (C=O) groups excluding carboxylic acids is 3. The Hall–Kier alpha value is -1.79. The highest BCUT2D eigenvalue weighted by atomic mass is 16.6. The molecule has 0 aliphatic carbocycles. The molecule has 1 atom stereocenters. The highest BCUT2D eigenvalue weighted by Gasteiger charge is 2.31. The molecule has 0 bridgehead atoms. The highest BCUT2D eigenvalue weighted by molar-refractivity contribution is 5.81. The number of amides is 2. The number of rotatable bonds is 5. The summed E-state index contributed by atoms with van der Waals surface area (Å²) in [4.78, 5) is 37.5. The predicted octanol–water partition coefficient (Wildman–Crippen LogP) is 2.34. The lowest BCUT2D eigenvalue weighted by Crippen LogP contribution is -2.43. The average molecular weight is 356 g/mol. The molecule has 0 radical (unpaired) electrons. The van der Waals surface area contributed by atoms with Gasteiger partial charge in [-0.15, -0.1) is 0 Å². The van der Waals surface area contributed by atoms with Crippen molar-refractivity contribution in [3.05, 3.63) is 0 Å². The van der Waals surface area contributed by atoms with E-state index in [1.54, 1.807) is 4.90 Å². The Morgan fingerprint density at radius 1 is 1.12 bits per heavy atom. The van der Waals surface area contributed by atoms with Crippen LogP contribution < -0.4 is 5.32 Å². The third-order valence-electron chi connectivity index (χ3n) is 4.21. The van der Waals surface area contributed by atoms with Crippen LogP contribution in [-0.4, -0.2) is 54.2 Å². The second kappa shape index (κ2) is 9.06. The minimum atomic E-state index is -0.534. The molecule has 1 heterocycles. The fourth-order valence-electron chi connectivity index (χ4n) is 2.34. The molecule has 0 spiro atoms. The van der Waals surface area contributed by atoms with Gasteiger partial charge in [-0.3, -0.25) is 9.59 Å². The van der Waals surface area contributed by atoms with Gasteiger partial charge in [0.15, 0.2) is 6.61 Å². The van der Waals surface area contributed by atoms with Crippen molar-refractivity contribution >= 4 is 18.0 Å². The molecule has 1 aliphatic heterocycles. The van der Waals surface area contributed by atoms with Crippen LogP contribution in [0.15, 0.2) is 0 Å². The number of carbonyl (C=O) groups is 3. The molecule has 1 saturated heterocycles. The molecule has 144 valence electrons. The Kier molecular flexibility index (Phi) is 7.70. The highest BCUT2D eigenvalue weighted by Crippen LogP contribution is 2.20. The Labute approximate surface area is 150 Å². The van der Waals surface area contributed by atoms with Gasteiger partial charge in [0.2, 0.25) is 0 Å². The minimum Gasteiger partial charge on any atom is -0.455 e. The summed E-state index contributed by atoms with van der Waals surface area (Å²) in [5.41, 5.74) is -0.534. The van der Waals surface area contributed by atoms with Crippen molar-refractivity contribution in [3.8, 4) is 0 Å². The summed E-state index contributed by atoms with van der Waals surface area (Å²) in [6.07, 6.45) is 0.672. The summed E-state index contributed by atoms with van der Waals surface area (Å²) in [5.74, 6) is -0.636. The van der Waals surface area contributed by atoms with Gasteiger partial charge in [-0.1, -0.05) is 13.8 Å². The van der Waals surface area contributed by atoms with Crippen molar-refractivity contribution in [2.75, 3.05) is 19.7 Å². The predicted molar refractivity (Wildman–Crippen MR) is 93.9 cm³/mol. The van der Waals surface area contributed by atoms with Gasteiger partial charge in [-0.05, 0) is 46.5 Å². The van der Waals surface area contributed by atoms with Gasteiger partial charge in [-0.2, -0.15) is 0 Å². The average Bonchev–Trinajstić information content (AvgIpc) is 2.51. The normalized spacial score (nSPS) is 17.2. The first-order chi connectivity index (χ1) is 11.5. The molecule has 0 aromatic heterocycles. The Morgan fingerprint density at radius 3 is 2.16 bits per heavy atom. The summed E-state index contributed by atoms with van der Waals surface area (Å²) in [6.45, 7) is 12.0. The second-order valence-electron chi connectivity index (χ2n) is 7.95. The Morgan fingerprint density at radius 2 is 1.68 bits per heavy atom. The largest absolute Gasteiger partial charge is 0.455 e. The quantitative estimate of drug-likeness (QED) is 0.764. The van der Waals surface area contributed by atoms with Crippen LogP contribution in [0.25, 0.3) is 0 Å². The van der Waals surface area contributed by atoms with Crippen molar-refractivity contribution in [2.45, 2.75) is 66.0 Å². The van der Waals surface area contributed by atoms with E-state index in [-0.39, 0.29) is 36.5 Å². The summed E-state index contributed by atoms with van der Waals surface area (Å²) in [5, 5.41) is 2.80. The van der Waals surface area contributed by atoms with E-state index in [0.717, 1.165) is 0 Å². The van der Waals surface area contributed by atoms with Crippen molar-refractivity contribution < 1.29 is 23.9 Å². The Bertz CT molecular complexity index is 476. The van der Waals surface area contributed by atoms with Crippen LogP contribution in [0, 0.1) is 11.8 Å². The van der Waals surface area contributed by atoms with Crippen LogP contribution >= 0.6 is 0 Å². The maximum absolute atomic E-state index is 12.1. The van der Waals surface area contributed by atoms with Gasteiger partial charge in [0.1, 0.15) is 5.60 Å². The molecular formula is C18H32N2O5. The van der Waals surface area contributed by atoms with Crippen molar-refractivity contribution in [2.24, 2.45) is 11.8 Å². The molecule has 0 aromatic carbocycles. The summed E-state index contributed by atoms with van der Waals surface area (Å²) in [6, 6.07) is 0.0308. The molecule has 1 rings (SSSR count). The Balaban J connectivity index is 2.33. The summed E-state index contributed by atoms with van der Waals surface area (Å²) in [7, 11) is 0. The fraction of sp³-hybridized carbons (Fsp3) is 0.833. The lowest BCUT2D eigenvalue weighted by atomic mass is 9.97. The van der Waals surface area contributed by atoms with E-state index in [0.29, 0.717) is 31.8 Å². The molecule has 7 heteroatoms. The zero-order chi connectivity index (χ0) is 19.2. The van der Waals surface area contributed by atoms with Gasteiger partial charge in [0, 0.05) is 19.1 Å². The first-order valence-corrected chi connectivity index (χ1v) is 8.93. The van der Waals surface area contributed by atoms with Gasteiger partial charge in [-0.25, -0.2) is 4.79 Å². The van der Waals surface area contributed by atoms with Crippen LogP contribution in [0.3, 0.4) is 0 Å². The van der Waals surface area contributed by atoms with E-state index in [4.69, 9.17) is 9.47 Å². The molecule has 2 amide bonds. The first-order valence-electron chi connectivity index (χ1n) is 8.93. The second-order valence-corrected chi connectivity index (χ2v) is 7.95. The molecule has 25 heavy (non-hydrogen) atoms. The summed E-state index contributed by atoms with van der Waals surface area (Å²) < 4.78 is 10.4. The molecular weight excluding hydrogens is 324 g/mol. The molecule has 1 aliphatic rings. The number of nitrogens with zero attached hydrogens (tertiary/aromatic N) is 1. The van der Waals surface area contributed by atoms with Crippen LogP contribution in [-0.2, 0) is 19.1 Å². The monoisotopic (exact) mass is 356 g/mol. The maximum Gasteiger partial charge on any atom is 0.410 e. The number of esters is 1. The van der Waals surface area contributed by atoms with Gasteiger partial charge < -0.3 is 19.7 Å². The van der Waals surface area contributed by atoms with Gasteiger partial charge in [0.05, 0.1) is 5.92 Å². The van der Waals surface area contributed by atoms with Crippen LogP contribution in [0.4, 0.5) is 4.79 Å². The van der Waals surface area contributed by atoms with E-state index in [2.05, 4.69) is 5.32 Å². The van der Waals surface area contributed by atoms with E-state index < -0.39 is 5.60 Å². The number of hydrogen-bond donors (Lipinski definition) is 1. The number of nitrogens with one attached hydrogen (secondary N) is 1. The van der Waals surface area contributed by atoms with Gasteiger partial charge >= 0.3 is 12.1 Å². The number of likely N-dealkylation sites (tertiary alicyclic amines) is 1. The lowest BCUT2D eigenvalue weighted by Gasteiger charge is -2.32. The molecule has 1 unspecified atom stereocenters. The van der Waals surface area contributed by atoms with Crippen LogP contribution in [0.1, 0.15) is 54.4 Å². The first kappa shape index (κ1) is 21.3. The standard InChI is InChI=1S/C18H32N2O5/c1-12(2)13(3)19-15(21)11-24-16(22)14-7-9-20(10-8-14)17(23)25-18(4,5)6/h12-14H,7-11H2,1-6H3,(H,19,21). The third-order valence-corrected chi connectivity index (χ3v) is 4.21. The van der Waals surface area contributed by atoms with Crippen LogP contribution in [0.5, 0.6) is 0 Å². The lowest BCUT2D eigenvalue weighted by molar-refractivity contribution is -0.154. The number of piperidine rings is 1. The SMILES string of the molecule is CC(C)C(C)NC(=O)COC(=O)C1CCN(C(=O)OC(C)(C)C)CC1. The zero-order valence-electron chi connectivity index (χ0n) is 16.3. The van der Waals surface area contributed by atoms with Crippen molar-refractivity contribution in [1.82, 2.24) is 10.2 Å². The van der Waals surface area contributed by atoms with E-state index in [1.165, 1.54) is 0 Å². The minimum absolute atomic E-state index is 0.0308. The smallest absolute Gasteiger partial charge is 0.410 e. The molecule has 1 N–H and O–H groups in total. The molecule has 1 fully saturated rings. The maximum atomic E-state index is 12.1. The van der Waals surface area contributed by atoms with E-state index in [9.17, 15) is 14.4 Å². The number of ether oxygens (including phenoxy) is 2. The number of hydrogen-bond acceptors (Lipinski definition) is 5. The van der Waals surface area contributed by atoms with E-state index >= 15 is 0 Å². The summed E-state index contributed by atoms with van der Waals surface area (Å²) >= 11 is 0. The molecule has 0 saturated carbocycles. The van der Waals surface area contributed by atoms with Gasteiger partial charge in [0.25, 0.3) is 5.91 Å². The van der Waals surface area contributed by atoms with Crippen molar-refractivity contribution in [3.63, 3.8) is 0 Å². The topological polar surface area (TPSA) is 84.9 Å². The molecule has 7 nitrogen and oxygen atoms in total. The van der Waals surface area contributed by atoms with Crippen molar-refractivity contribution in [1.29, 1.82) is 0 Å². The molecule has 0 aromatic rings. The van der Waals surface area contributed by atoms with Crippen LogP contribution in [0.2, 0.25) is 0 Å². The van der Waals surface area contributed by atoms with E-state index in [1.807, 2.05) is 41.5 Å².